The predicted octanol–water partition coefficient (Wildman–Crippen LogP) is 6.31. The SMILES string of the molecule is Cc1nn(Cc2ccccc2)c(C)c1-c1ccc(NC(=O)C(N)C(c2ccccc2)c2ccccc2)cc1. The lowest BCUT2D eigenvalue weighted by atomic mass is 9.85. The number of nitrogens with zero attached hydrogens (tertiary/aromatic N) is 2. The summed E-state index contributed by atoms with van der Waals surface area (Å²) < 4.78 is 2.04. The van der Waals surface area contributed by atoms with Crippen LogP contribution in [0, 0.1) is 13.8 Å². The third kappa shape index (κ3) is 5.43. The summed E-state index contributed by atoms with van der Waals surface area (Å²) in [6, 6.07) is 37.4. The van der Waals surface area contributed by atoms with Gasteiger partial charge in [0.15, 0.2) is 0 Å². The van der Waals surface area contributed by atoms with Gasteiger partial charge in [0.25, 0.3) is 0 Å². The number of rotatable bonds is 8. The minimum Gasteiger partial charge on any atom is -0.325 e. The first kappa shape index (κ1) is 25.2. The summed E-state index contributed by atoms with van der Waals surface area (Å²) in [5.74, 6) is -0.476. The van der Waals surface area contributed by atoms with Crippen LogP contribution in [0.2, 0.25) is 0 Å². The third-order valence-electron chi connectivity index (χ3n) is 6.98. The fourth-order valence-electron chi connectivity index (χ4n) is 5.05. The highest BCUT2D eigenvalue weighted by Crippen LogP contribution is 2.30. The van der Waals surface area contributed by atoms with E-state index >= 15 is 0 Å². The maximum Gasteiger partial charge on any atom is 0.242 e. The Labute approximate surface area is 224 Å². The molecule has 5 nitrogen and oxygen atoms in total. The van der Waals surface area contributed by atoms with Gasteiger partial charge in [0.2, 0.25) is 5.91 Å². The molecule has 0 radical (unpaired) electrons. The van der Waals surface area contributed by atoms with E-state index in [1.165, 1.54) is 5.56 Å². The molecule has 0 aliphatic rings. The zero-order valence-electron chi connectivity index (χ0n) is 21.7. The standard InChI is InChI=1S/C33H32N4O/c1-23-30(24(2)37(36-23)22-25-12-6-3-7-13-25)28-18-20-29(21-19-28)35-33(38)32(34)31(26-14-8-4-9-15-26)27-16-10-5-11-17-27/h3-21,31-32H,22,34H2,1-2H3,(H,35,38). The van der Waals surface area contributed by atoms with Gasteiger partial charge in [-0.15, -0.1) is 0 Å². The number of amides is 1. The second kappa shape index (κ2) is 11.3. The van der Waals surface area contributed by atoms with E-state index in [0.717, 1.165) is 40.2 Å². The lowest BCUT2D eigenvalue weighted by Crippen LogP contribution is -2.41. The molecular weight excluding hydrogens is 468 g/mol. The average Bonchev–Trinajstić information content (AvgIpc) is 3.23. The van der Waals surface area contributed by atoms with Crippen molar-refractivity contribution in [3.63, 3.8) is 0 Å². The number of anilines is 1. The first-order valence-electron chi connectivity index (χ1n) is 12.9. The Hall–Kier alpha value is -4.48. The Morgan fingerprint density at radius 1 is 0.789 bits per heavy atom. The van der Waals surface area contributed by atoms with Crippen LogP contribution in [0.1, 0.15) is 34.0 Å². The predicted molar refractivity (Wildman–Crippen MR) is 154 cm³/mol. The van der Waals surface area contributed by atoms with Crippen molar-refractivity contribution in [2.45, 2.75) is 32.4 Å². The van der Waals surface area contributed by atoms with E-state index in [4.69, 9.17) is 10.8 Å². The van der Waals surface area contributed by atoms with Gasteiger partial charge in [0, 0.05) is 22.9 Å². The Morgan fingerprint density at radius 2 is 1.32 bits per heavy atom. The molecule has 1 amide bonds. The van der Waals surface area contributed by atoms with E-state index in [0.29, 0.717) is 5.69 Å². The molecule has 1 atom stereocenters. The highest BCUT2D eigenvalue weighted by atomic mass is 16.2. The Morgan fingerprint density at radius 3 is 1.87 bits per heavy atom. The molecule has 3 N–H and O–H groups in total. The molecule has 0 aliphatic heterocycles. The van der Waals surface area contributed by atoms with Gasteiger partial charge >= 0.3 is 0 Å². The number of hydrogen-bond acceptors (Lipinski definition) is 3. The second-order valence-electron chi connectivity index (χ2n) is 9.58. The first-order valence-corrected chi connectivity index (χ1v) is 12.9. The zero-order valence-corrected chi connectivity index (χ0v) is 21.7. The molecule has 5 aromatic rings. The minimum atomic E-state index is -0.750. The number of carbonyl (C=O) groups is 1. The maximum atomic E-state index is 13.3. The third-order valence-corrected chi connectivity index (χ3v) is 6.98. The quantitative estimate of drug-likeness (QED) is 0.262. The highest BCUT2D eigenvalue weighted by molar-refractivity contribution is 5.96. The summed E-state index contributed by atoms with van der Waals surface area (Å²) in [6.07, 6.45) is 0. The van der Waals surface area contributed by atoms with Crippen molar-refractivity contribution in [2.24, 2.45) is 5.73 Å². The van der Waals surface area contributed by atoms with E-state index in [1.54, 1.807) is 0 Å². The topological polar surface area (TPSA) is 72.9 Å². The zero-order chi connectivity index (χ0) is 26.5. The van der Waals surface area contributed by atoms with Crippen molar-refractivity contribution in [3.05, 3.63) is 143 Å². The Balaban J connectivity index is 1.33. The first-order chi connectivity index (χ1) is 18.5. The van der Waals surface area contributed by atoms with Gasteiger partial charge in [-0.1, -0.05) is 103 Å². The smallest absolute Gasteiger partial charge is 0.242 e. The fraction of sp³-hybridized carbons (Fsp3) is 0.152. The molecule has 5 rings (SSSR count). The van der Waals surface area contributed by atoms with Crippen LogP contribution in [0.15, 0.2) is 115 Å². The number of carbonyl (C=O) groups excluding carboxylic acids is 1. The van der Waals surface area contributed by atoms with E-state index in [-0.39, 0.29) is 11.8 Å². The van der Waals surface area contributed by atoms with Gasteiger partial charge in [-0.2, -0.15) is 5.10 Å². The summed E-state index contributed by atoms with van der Waals surface area (Å²) in [6.45, 7) is 4.86. The lowest BCUT2D eigenvalue weighted by molar-refractivity contribution is -0.117. The number of nitrogens with one attached hydrogen (secondary N) is 1. The lowest BCUT2D eigenvalue weighted by Gasteiger charge is -2.24. The summed E-state index contributed by atoms with van der Waals surface area (Å²) in [7, 11) is 0. The van der Waals surface area contributed by atoms with Gasteiger partial charge in [-0.25, -0.2) is 0 Å². The number of hydrogen-bond donors (Lipinski definition) is 2. The summed E-state index contributed by atoms with van der Waals surface area (Å²) in [5.41, 5.74) is 14.8. The van der Waals surface area contributed by atoms with Crippen LogP contribution in [0.3, 0.4) is 0 Å². The normalized spacial score (nSPS) is 11.9. The van der Waals surface area contributed by atoms with Crippen molar-refractivity contribution >= 4 is 11.6 Å². The molecule has 0 saturated carbocycles. The minimum absolute atomic E-state index is 0.224. The fourth-order valence-corrected chi connectivity index (χ4v) is 5.05. The summed E-state index contributed by atoms with van der Waals surface area (Å²) >= 11 is 0. The molecule has 1 unspecified atom stereocenters. The second-order valence-corrected chi connectivity index (χ2v) is 9.58. The van der Waals surface area contributed by atoms with Crippen molar-refractivity contribution < 1.29 is 4.79 Å². The van der Waals surface area contributed by atoms with Crippen LogP contribution in [0.5, 0.6) is 0 Å². The van der Waals surface area contributed by atoms with Crippen LogP contribution in [0.25, 0.3) is 11.1 Å². The van der Waals surface area contributed by atoms with Crippen molar-refractivity contribution in [2.75, 3.05) is 5.32 Å². The van der Waals surface area contributed by atoms with Gasteiger partial charge < -0.3 is 11.1 Å². The Kier molecular flexibility index (Phi) is 7.47. The Bertz CT molecular complexity index is 1450. The molecule has 0 bridgehead atoms. The van der Waals surface area contributed by atoms with E-state index in [2.05, 4.69) is 24.4 Å². The molecule has 1 aromatic heterocycles. The van der Waals surface area contributed by atoms with Crippen molar-refractivity contribution in [1.82, 2.24) is 9.78 Å². The average molecular weight is 501 g/mol. The number of nitrogens with two attached hydrogens (primary N) is 1. The molecule has 0 aliphatic carbocycles. The van der Waals surface area contributed by atoms with Crippen LogP contribution in [-0.2, 0) is 11.3 Å². The van der Waals surface area contributed by atoms with Crippen molar-refractivity contribution in [1.29, 1.82) is 0 Å². The molecule has 0 saturated heterocycles. The molecule has 4 aromatic carbocycles. The van der Waals surface area contributed by atoms with E-state index < -0.39 is 6.04 Å². The summed E-state index contributed by atoms with van der Waals surface area (Å²) in [5, 5.41) is 7.81. The molecule has 1 heterocycles. The van der Waals surface area contributed by atoms with Crippen LogP contribution < -0.4 is 11.1 Å². The molecule has 38 heavy (non-hydrogen) atoms. The van der Waals surface area contributed by atoms with E-state index in [9.17, 15) is 4.79 Å². The maximum absolute atomic E-state index is 13.3. The van der Waals surface area contributed by atoms with Gasteiger partial charge in [0.05, 0.1) is 18.3 Å². The molecular formula is C33H32N4O. The molecule has 5 heteroatoms. The number of aryl methyl sites for hydroxylation is 1. The molecule has 0 fully saturated rings. The largest absolute Gasteiger partial charge is 0.325 e. The molecule has 0 spiro atoms. The van der Waals surface area contributed by atoms with Crippen molar-refractivity contribution in [3.8, 4) is 11.1 Å². The van der Waals surface area contributed by atoms with Gasteiger partial charge in [0.1, 0.15) is 0 Å². The monoisotopic (exact) mass is 500 g/mol. The summed E-state index contributed by atoms with van der Waals surface area (Å²) in [4.78, 5) is 13.3. The van der Waals surface area contributed by atoms with Gasteiger partial charge in [-0.05, 0) is 48.2 Å². The molecule has 190 valence electrons. The number of benzene rings is 4. The van der Waals surface area contributed by atoms with Crippen LogP contribution >= 0.6 is 0 Å². The number of aromatic nitrogens is 2. The van der Waals surface area contributed by atoms with Crippen LogP contribution in [0.4, 0.5) is 5.69 Å². The van der Waals surface area contributed by atoms with E-state index in [1.807, 2.05) is 115 Å². The van der Waals surface area contributed by atoms with Crippen LogP contribution in [-0.4, -0.2) is 21.7 Å². The van der Waals surface area contributed by atoms with Gasteiger partial charge in [-0.3, -0.25) is 9.48 Å². The highest BCUT2D eigenvalue weighted by Gasteiger charge is 2.27.